The van der Waals surface area contributed by atoms with Crippen LogP contribution in [-0.4, -0.2) is 27.4 Å². The van der Waals surface area contributed by atoms with E-state index in [4.69, 9.17) is 0 Å². The Morgan fingerprint density at radius 1 is 1.25 bits per heavy atom. The second kappa shape index (κ2) is 7.81. The number of nitrogens with one attached hydrogen (secondary N) is 1. The van der Waals surface area contributed by atoms with Crippen LogP contribution < -0.4 is 9.62 Å². The van der Waals surface area contributed by atoms with Gasteiger partial charge in [-0.25, -0.2) is 8.42 Å². The van der Waals surface area contributed by atoms with Crippen LogP contribution in [0.3, 0.4) is 0 Å². The second-order valence-corrected chi connectivity index (χ2v) is 8.76. The van der Waals surface area contributed by atoms with Gasteiger partial charge in [-0.2, -0.15) is 0 Å². The minimum Gasteiger partial charge on any atom is -0.350 e. The Morgan fingerprint density at radius 2 is 1.92 bits per heavy atom. The van der Waals surface area contributed by atoms with E-state index in [9.17, 15) is 13.2 Å². The van der Waals surface area contributed by atoms with Crippen molar-refractivity contribution in [2.75, 3.05) is 11.4 Å². The van der Waals surface area contributed by atoms with E-state index < -0.39 is 10.0 Å². The zero-order valence-corrected chi connectivity index (χ0v) is 15.7. The Labute approximate surface area is 147 Å². The molecule has 0 saturated carbocycles. The number of rotatable bonds is 7. The van der Waals surface area contributed by atoms with Crippen molar-refractivity contribution in [1.29, 1.82) is 0 Å². The Hall–Kier alpha value is -1.86. The zero-order chi connectivity index (χ0) is 17.7. The number of amides is 1. The maximum Gasteiger partial charge on any atom is 0.273 e. The summed E-state index contributed by atoms with van der Waals surface area (Å²) in [6, 6.07) is 9.97. The molecule has 1 atom stereocenters. The highest BCUT2D eigenvalue weighted by Gasteiger charge is 2.22. The number of hydrogen-bond acceptors (Lipinski definition) is 4. The molecule has 1 amide bonds. The number of sulfonamides is 1. The highest BCUT2D eigenvalue weighted by molar-refractivity contribution is 7.94. The predicted octanol–water partition coefficient (Wildman–Crippen LogP) is 3.49. The highest BCUT2D eigenvalue weighted by Crippen LogP contribution is 2.25. The molecular formula is C17H22N2O3S2. The maximum absolute atomic E-state index is 12.5. The topological polar surface area (TPSA) is 66.5 Å². The first-order valence-corrected chi connectivity index (χ1v) is 10.1. The van der Waals surface area contributed by atoms with Crippen LogP contribution in [0.5, 0.6) is 0 Å². The molecule has 130 valence electrons. The van der Waals surface area contributed by atoms with Crippen LogP contribution in [0, 0.1) is 0 Å². The summed E-state index contributed by atoms with van der Waals surface area (Å²) in [5, 5.41) is 4.66. The molecule has 0 aliphatic rings. The van der Waals surface area contributed by atoms with Gasteiger partial charge in [0.25, 0.3) is 15.9 Å². The van der Waals surface area contributed by atoms with Gasteiger partial charge in [-0.1, -0.05) is 19.4 Å². The van der Waals surface area contributed by atoms with Crippen LogP contribution in [-0.2, 0) is 10.0 Å². The van der Waals surface area contributed by atoms with Gasteiger partial charge in [0.1, 0.15) is 4.21 Å². The van der Waals surface area contributed by atoms with Gasteiger partial charge in [-0.3, -0.25) is 9.10 Å². The van der Waals surface area contributed by atoms with Crippen LogP contribution >= 0.6 is 11.3 Å². The highest BCUT2D eigenvalue weighted by atomic mass is 32.2. The summed E-state index contributed by atoms with van der Waals surface area (Å²) in [6.07, 6.45) is 1.93. The largest absolute Gasteiger partial charge is 0.350 e. The van der Waals surface area contributed by atoms with E-state index in [2.05, 4.69) is 12.2 Å². The lowest BCUT2D eigenvalue weighted by Gasteiger charge is -2.19. The number of anilines is 1. The molecule has 0 spiro atoms. The molecular weight excluding hydrogens is 344 g/mol. The number of hydrogen-bond donors (Lipinski definition) is 1. The molecule has 0 bridgehead atoms. The second-order valence-electron chi connectivity index (χ2n) is 5.61. The van der Waals surface area contributed by atoms with Gasteiger partial charge in [0, 0.05) is 18.7 Å². The fourth-order valence-corrected chi connectivity index (χ4v) is 4.68. The normalized spacial score (nSPS) is 12.6. The number of thiophene rings is 1. The lowest BCUT2D eigenvalue weighted by molar-refractivity contribution is 0.0938. The smallest absolute Gasteiger partial charge is 0.273 e. The van der Waals surface area contributed by atoms with Crippen LogP contribution in [0.15, 0.2) is 46.0 Å². The van der Waals surface area contributed by atoms with Crippen LogP contribution in [0.25, 0.3) is 0 Å². The first-order chi connectivity index (χ1) is 11.4. The van der Waals surface area contributed by atoms with Crippen molar-refractivity contribution in [2.45, 2.75) is 36.9 Å². The molecule has 0 aliphatic heterocycles. The lowest BCUT2D eigenvalue weighted by atomic mass is 10.1. The Kier molecular flexibility index (Phi) is 6.01. The molecule has 2 rings (SSSR count). The lowest BCUT2D eigenvalue weighted by Crippen LogP contribution is -2.32. The summed E-state index contributed by atoms with van der Waals surface area (Å²) in [4.78, 5) is 12.2. The van der Waals surface area contributed by atoms with E-state index in [1.165, 1.54) is 22.7 Å². The van der Waals surface area contributed by atoms with Crippen molar-refractivity contribution in [2.24, 2.45) is 0 Å². The average Bonchev–Trinajstić information content (AvgIpc) is 3.09. The van der Waals surface area contributed by atoms with E-state index in [0.29, 0.717) is 15.5 Å². The Bertz CT molecular complexity index is 769. The fraction of sp³-hybridized carbons (Fsp3) is 0.353. The van der Waals surface area contributed by atoms with Crippen molar-refractivity contribution >= 4 is 33.0 Å². The molecule has 24 heavy (non-hydrogen) atoms. The van der Waals surface area contributed by atoms with Gasteiger partial charge in [0.2, 0.25) is 0 Å². The van der Waals surface area contributed by atoms with E-state index in [0.717, 1.165) is 12.8 Å². The minimum absolute atomic E-state index is 0.115. The van der Waals surface area contributed by atoms with Gasteiger partial charge in [0.05, 0.1) is 5.69 Å². The predicted molar refractivity (Wildman–Crippen MR) is 98.2 cm³/mol. The first kappa shape index (κ1) is 18.5. The molecule has 1 N–H and O–H groups in total. The third-order valence-corrected chi connectivity index (χ3v) is 6.86. The van der Waals surface area contributed by atoms with Gasteiger partial charge in [-0.15, -0.1) is 11.3 Å². The summed E-state index contributed by atoms with van der Waals surface area (Å²) in [5.41, 5.74) is 1.03. The Morgan fingerprint density at radius 3 is 2.46 bits per heavy atom. The molecule has 0 unspecified atom stereocenters. The molecule has 0 aliphatic carbocycles. The van der Waals surface area contributed by atoms with E-state index in [1.54, 1.807) is 41.8 Å². The number of carbonyl (C=O) groups is 1. The summed E-state index contributed by atoms with van der Waals surface area (Å²) in [6.45, 7) is 4.04. The third kappa shape index (κ3) is 4.15. The summed E-state index contributed by atoms with van der Waals surface area (Å²) in [7, 11) is -2.05. The van der Waals surface area contributed by atoms with Crippen LogP contribution in [0.2, 0.25) is 0 Å². The summed E-state index contributed by atoms with van der Waals surface area (Å²) >= 11 is 1.18. The van der Waals surface area contributed by atoms with Crippen molar-refractivity contribution in [3.63, 3.8) is 0 Å². The fourth-order valence-electron chi connectivity index (χ4n) is 2.32. The molecule has 0 saturated heterocycles. The van der Waals surface area contributed by atoms with Crippen molar-refractivity contribution in [3.8, 4) is 0 Å². The molecule has 0 fully saturated rings. The van der Waals surface area contributed by atoms with Crippen molar-refractivity contribution in [3.05, 3.63) is 47.3 Å². The first-order valence-electron chi connectivity index (χ1n) is 7.79. The van der Waals surface area contributed by atoms with Gasteiger partial charge in [-0.05, 0) is 49.1 Å². The minimum atomic E-state index is -3.56. The summed E-state index contributed by atoms with van der Waals surface area (Å²) < 4.78 is 26.5. The standard InChI is InChI=1S/C17H22N2O3S2/c1-4-6-13(2)18-17(20)14-8-10-15(11-9-14)19(3)24(21,22)16-7-5-12-23-16/h5,7-13H,4,6H2,1-3H3,(H,18,20)/t13-/m1/s1. The third-order valence-electron chi connectivity index (χ3n) is 3.70. The average molecular weight is 367 g/mol. The molecule has 2 aromatic rings. The molecule has 1 heterocycles. The summed E-state index contributed by atoms with van der Waals surface area (Å²) in [5.74, 6) is -0.147. The maximum atomic E-state index is 12.5. The molecule has 1 aromatic carbocycles. The van der Waals surface area contributed by atoms with E-state index >= 15 is 0 Å². The molecule has 0 radical (unpaired) electrons. The van der Waals surface area contributed by atoms with Crippen LogP contribution in [0.4, 0.5) is 5.69 Å². The monoisotopic (exact) mass is 366 g/mol. The molecule has 7 heteroatoms. The molecule has 1 aromatic heterocycles. The number of carbonyl (C=O) groups excluding carboxylic acids is 1. The van der Waals surface area contributed by atoms with E-state index in [-0.39, 0.29) is 11.9 Å². The van der Waals surface area contributed by atoms with Gasteiger partial charge in [0.15, 0.2) is 0 Å². The Balaban J connectivity index is 2.13. The molecule has 5 nitrogen and oxygen atoms in total. The number of benzene rings is 1. The zero-order valence-electron chi connectivity index (χ0n) is 14.0. The quantitative estimate of drug-likeness (QED) is 0.816. The van der Waals surface area contributed by atoms with Crippen molar-refractivity contribution in [1.82, 2.24) is 5.32 Å². The van der Waals surface area contributed by atoms with Crippen molar-refractivity contribution < 1.29 is 13.2 Å². The van der Waals surface area contributed by atoms with E-state index in [1.807, 2.05) is 6.92 Å². The van der Waals surface area contributed by atoms with Crippen LogP contribution in [0.1, 0.15) is 37.0 Å². The SMILES string of the molecule is CCC[C@@H](C)NC(=O)c1ccc(N(C)S(=O)(=O)c2cccs2)cc1. The van der Waals surface area contributed by atoms with Gasteiger partial charge >= 0.3 is 0 Å². The van der Waals surface area contributed by atoms with Gasteiger partial charge < -0.3 is 5.32 Å². The number of nitrogens with zero attached hydrogens (tertiary/aromatic N) is 1.